The Morgan fingerprint density at radius 3 is 1.97 bits per heavy atom. The summed E-state index contributed by atoms with van der Waals surface area (Å²) < 4.78 is 29.2. The van der Waals surface area contributed by atoms with Crippen molar-refractivity contribution in [3.8, 4) is 23.0 Å². The number of fused-ring (bicyclic) bond motifs is 1. The molecule has 2 aromatic carbocycles. The summed E-state index contributed by atoms with van der Waals surface area (Å²) in [6.07, 6.45) is -0.0963. The minimum atomic E-state index is -1.00. The third-order valence-corrected chi connectivity index (χ3v) is 6.99. The van der Waals surface area contributed by atoms with E-state index >= 15 is 0 Å². The van der Waals surface area contributed by atoms with Gasteiger partial charge < -0.3 is 23.4 Å². The number of carbonyl (C=O) groups excluding carboxylic acids is 1. The first-order valence-electron chi connectivity index (χ1n) is 11.4. The monoisotopic (exact) mass is 483 g/mol. The normalized spacial score (nSPS) is 11.9. The van der Waals surface area contributed by atoms with Crippen molar-refractivity contribution in [2.24, 2.45) is 0 Å². The summed E-state index contributed by atoms with van der Waals surface area (Å²) in [5, 5.41) is 1.86. The summed E-state index contributed by atoms with van der Waals surface area (Å²) in [6, 6.07) is 7.21. The quantitative estimate of drug-likeness (QED) is 0.301. The van der Waals surface area contributed by atoms with Crippen LogP contribution in [0.1, 0.15) is 56.3 Å². The van der Waals surface area contributed by atoms with E-state index in [1.165, 1.54) is 0 Å². The van der Waals surface area contributed by atoms with Crippen LogP contribution in [0, 0.1) is 0 Å². The van der Waals surface area contributed by atoms with Gasteiger partial charge in [0.25, 0.3) is 0 Å². The van der Waals surface area contributed by atoms with Crippen LogP contribution in [0.4, 0.5) is 0 Å². The number of carbonyl (C=O) groups is 1. The van der Waals surface area contributed by atoms with Crippen LogP contribution in [0.3, 0.4) is 0 Å². The van der Waals surface area contributed by atoms with Crippen molar-refractivity contribution in [3.63, 3.8) is 0 Å². The number of rotatable bonds is 8. The highest BCUT2D eigenvalue weighted by Crippen LogP contribution is 2.43. The third kappa shape index (κ3) is 4.80. The average molecular weight is 484 g/mol. The molecular weight excluding hydrogens is 448 g/mol. The second kappa shape index (κ2) is 9.74. The number of benzene rings is 2. The predicted molar refractivity (Wildman–Crippen MR) is 137 cm³/mol. The van der Waals surface area contributed by atoms with E-state index in [1.807, 2.05) is 40.7 Å². The van der Waals surface area contributed by atoms with Gasteiger partial charge in [0.1, 0.15) is 17.3 Å². The molecule has 0 unspecified atom stereocenters. The SMILES string of the molecule is COc1cc(OC)cc(C(=O)c2c(C(C)(C)C)oc3c(OC(C)C)c(OC)cc([Si](C)C)c23)c1. The van der Waals surface area contributed by atoms with Crippen molar-refractivity contribution in [3.05, 3.63) is 41.2 Å². The van der Waals surface area contributed by atoms with Gasteiger partial charge in [-0.2, -0.15) is 0 Å². The summed E-state index contributed by atoms with van der Waals surface area (Å²) in [7, 11) is 3.76. The van der Waals surface area contributed by atoms with E-state index in [9.17, 15) is 4.79 Å². The minimum absolute atomic E-state index is 0.0963. The van der Waals surface area contributed by atoms with Crippen LogP contribution in [0.25, 0.3) is 11.0 Å². The van der Waals surface area contributed by atoms with E-state index in [-0.39, 0.29) is 11.9 Å². The standard InChI is InChI=1S/C27H35O6Si/c1-15(2)32-24-19(31-8)14-20(34(9)10)21-22(26(27(3,4)5)33-25(21)24)23(28)16-11-17(29-6)13-18(12-16)30-7/h11-15H,1-10H3. The smallest absolute Gasteiger partial charge is 0.205 e. The molecule has 0 aliphatic heterocycles. The van der Waals surface area contributed by atoms with Gasteiger partial charge in [0.2, 0.25) is 5.75 Å². The fourth-order valence-corrected chi connectivity index (χ4v) is 5.11. The zero-order valence-corrected chi connectivity index (χ0v) is 22.8. The van der Waals surface area contributed by atoms with E-state index < -0.39 is 14.2 Å². The molecule has 1 heterocycles. The summed E-state index contributed by atoms with van der Waals surface area (Å²) >= 11 is 0. The van der Waals surface area contributed by atoms with Crippen molar-refractivity contribution in [2.75, 3.05) is 21.3 Å². The van der Waals surface area contributed by atoms with Gasteiger partial charge in [-0.25, -0.2) is 0 Å². The Morgan fingerprint density at radius 2 is 1.53 bits per heavy atom. The van der Waals surface area contributed by atoms with Gasteiger partial charge in [-0.3, -0.25) is 4.79 Å². The zero-order valence-electron chi connectivity index (χ0n) is 21.8. The lowest BCUT2D eigenvalue weighted by molar-refractivity contribution is 0.103. The molecule has 0 amide bonds. The van der Waals surface area contributed by atoms with Crippen molar-refractivity contribution >= 4 is 30.7 Å². The largest absolute Gasteiger partial charge is 0.497 e. The molecule has 1 aromatic heterocycles. The second-order valence-electron chi connectivity index (χ2n) is 9.81. The summed E-state index contributed by atoms with van der Waals surface area (Å²) in [5.41, 5.74) is 1.15. The van der Waals surface area contributed by atoms with Gasteiger partial charge >= 0.3 is 0 Å². The van der Waals surface area contributed by atoms with E-state index in [2.05, 4.69) is 13.1 Å². The first-order chi connectivity index (χ1) is 15.9. The van der Waals surface area contributed by atoms with Crippen molar-refractivity contribution in [2.45, 2.75) is 59.2 Å². The maximum Gasteiger partial charge on any atom is 0.205 e. The Bertz CT molecular complexity index is 1180. The van der Waals surface area contributed by atoms with E-state index in [4.69, 9.17) is 23.4 Å². The second-order valence-corrected chi connectivity index (χ2v) is 12.4. The molecule has 0 N–H and O–H groups in total. The molecule has 0 saturated carbocycles. The van der Waals surface area contributed by atoms with Crippen LogP contribution >= 0.6 is 0 Å². The maximum absolute atomic E-state index is 14.2. The van der Waals surface area contributed by atoms with Crippen LogP contribution in [0.2, 0.25) is 13.1 Å². The van der Waals surface area contributed by atoms with Gasteiger partial charge in [-0.05, 0) is 37.2 Å². The van der Waals surface area contributed by atoms with Crippen molar-refractivity contribution < 1.29 is 28.2 Å². The first-order valence-corrected chi connectivity index (χ1v) is 13.9. The van der Waals surface area contributed by atoms with E-state index in [0.717, 1.165) is 10.6 Å². The predicted octanol–water partition coefficient (Wildman–Crippen LogP) is 5.74. The number of furan rings is 1. The number of ketones is 1. The number of hydrogen-bond donors (Lipinski definition) is 0. The molecule has 183 valence electrons. The lowest BCUT2D eigenvalue weighted by Crippen LogP contribution is -2.26. The van der Waals surface area contributed by atoms with Gasteiger partial charge in [0, 0.05) is 22.4 Å². The highest BCUT2D eigenvalue weighted by atomic mass is 28.3. The summed E-state index contributed by atoms with van der Waals surface area (Å²) in [4.78, 5) is 14.2. The molecule has 0 spiro atoms. The van der Waals surface area contributed by atoms with Gasteiger partial charge in [-0.15, -0.1) is 0 Å². The molecule has 3 aromatic rings. The molecular formula is C27H35O6Si. The van der Waals surface area contributed by atoms with Gasteiger partial charge in [0.05, 0.1) is 41.8 Å². The maximum atomic E-state index is 14.2. The first kappa shape index (κ1) is 25.7. The fourth-order valence-electron chi connectivity index (χ4n) is 3.95. The third-order valence-electron chi connectivity index (χ3n) is 5.52. The van der Waals surface area contributed by atoms with Crippen LogP contribution in [-0.2, 0) is 5.41 Å². The summed E-state index contributed by atoms with van der Waals surface area (Å²) in [6.45, 7) is 14.4. The van der Waals surface area contributed by atoms with Crippen molar-refractivity contribution in [1.29, 1.82) is 0 Å². The molecule has 34 heavy (non-hydrogen) atoms. The van der Waals surface area contributed by atoms with E-state index in [1.54, 1.807) is 39.5 Å². The number of hydrogen-bond acceptors (Lipinski definition) is 6. The molecule has 3 rings (SSSR count). The molecule has 7 heteroatoms. The summed E-state index contributed by atoms with van der Waals surface area (Å²) in [5.74, 6) is 2.70. The topological polar surface area (TPSA) is 67.1 Å². The molecule has 0 saturated heterocycles. The Hall–Kier alpha value is -2.93. The van der Waals surface area contributed by atoms with Gasteiger partial charge in [-0.1, -0.05) is 33.9 Å². The Kier molecular flexibility index (Phi) is 7.36. The minimum Gasteiger partial charge on any atom is -0.497 e. The highest BCUT2D eigenvalue weighted by molar-refractivity contribution is 6.73. The van der Waals surface area contributed by atoms with E-state index in [0.29, 0.717) is 45.5 Å². The molecule has 6 nitrogen and oxygen atoms in total. The van der Waals surface area contributed by atoms with Crippen LogP contribution in [0.5, 0.6) is 23.0 Å². The average Bonchev–Trinajstić information content (AvgIpc) is 3.19. The number of ether oxygens (including phenoxy) is 4. The number of methoxy groups -OCH3 is 3. The van der Waals surface area contributed by atoms with Gasteiger partial charge in [0.15, 0.2) is 17.1 Å². The molecule has 0 atom stereocenters. The lowest BCUT2D eigenvalue weighted by atomic mass is 9.87. The van der Waals surface area contributed by atoms with Crippen LogP contribution in [0.15, 0.2) is 28.7 Å². The Labute approximate surface area is 203 Å². The molecule has 0 fully saturated rings. The Balaban J connectivity index is 2.47. The molecule has 0 aliphatic carbocycles. The van der Waals surface area contributed by atoms with Crippen molar-refractivity contribution in [1.82, 2.24) is 0 Å². The zero-order chi connectivity index (χ0) is 25.4. The van der Waals surface area contributed by atoms with Crippen LogP contribution < -0.4 is 24.1 Å². The molecule has 0 bridgehead atoms. The fraction of sp³-hybridized carbons (Fsp3) is 0.444. The highest BCUT2D eigenvalue weighted by Gasteiger charge is 2.34. The lowest BCUT2D eigenvalue weighted by Gasteiger charge is -2.18. The van der Waals surface area contributed by atoms with Crippen LogP contribution in [-0.4, -0.2) is 42.0 Å². The molecule has 0 aliphatic rings. The Morgan fingerprint density at radius 1 is 0.941 bits per heavy atom. The molecule has 1 radical (unpaired) electrons.